The fourth-order valence-electron chi connectivity index (χ4n) is 2.63. The number of hydrogen-bond acceptors (Lipinski definition) is 4. The molecule has 0 bridgehead atoms. The Kier molecular flexibility index (Phi) is 5.42. The highest BCUT2D eigenvalue weighted by Crippen LogP contribution is 2.20. The minimum absolute atomic E-state index is 0.289. The topological polar surface area (TPSA) is 65.7 Å². The zero-order chi connectivity index (χ0) is 13.5. The van der Waals surface area contributed by atoms with Crippen molar-refractivity contribution in [2.75, 3.05) is 26.2 Å². The molecule has 1 atom stereocenters. The van der Waals surface area contributed by atoms with Gasteiger partial charge in [-0.15, -0.1) is 0 Å². The lowest BCUT2D eigenvalue weighted by atomic mass is 9.94. The maximum absolute atomic E-state index is 10.9. The zero-order valence-corrected chi connectivity index (χ0v) is 11.2. The van der Waals surface area contributed by atoms with E-state index in [9.17, 15) is 4.79 Å². The van der Waals surface area contributed by atoms with Crippen LogP contribution in [0.5, 0.6) is 0 Å². The summed E-state index contributed by atoms with van der Waals surface area (Å²) in [6.45, 7) is 3.26. The van der Waals surface area contributed by atoms with Gasteiger partial charge in [0.05, 0.1) is 12.8 Å². The molecule has 0 aromatic carbocycles. The van der Waals surface area contributed by atoms with Crippen molar-refractivity contribution in [1.29, 1.82) is 0 Å². The Morgan fingerprint density at radius 1 is 1.58 bits per heavy atom. The van der Waals surface area contributed by atoms with E-state index in [1.807, 2.05) is 12.1 Å². The fraction of sp³-hybridized carbons (Fsp3) is 0.643. The van der Waals surface area contributed by atoms with Gasteiger partial charge in [0.25, 0.3) is 0 Å². The zero-order valence-electron chi connectivity index (χ0n) is 11.2. The highest BCUT2D eigenvalue weighted by molar-refractivity contribution is 5.76. The van der Waals surface area contributed by atoms with Crippen LogP contribution in [-0.4, -0.2) is 42.2 Å². The van der Waals surface area contributed by atoms with Crippen molar-refractivity contribution in [3.8, 4) is 0 Å². The quantitative estimate of drug-likeness (QED) is 0.806. The summed E-state index contributed by atoms with van der Waals surface area (Å²) in [7, 11) is 0. The molecule has 1 aromatic heterocycles. The third kappa shape index (κ3) is 4.69. The summed E-state index contributed by atoms with van der Waals surface area (Å²) in [6.07, 6.45) is 5.09. The molecule has 1 amide bonds. The van der Waals surface area contributed by atoms with E-state index < -0.39 is 6.61 Å². The van der Waals surface area contributed by atoms with Crippen LogP contribution in [0.2, 0.25) is 0 Å². The first-order valence-corrected chi connectivity index (χ1v) is 6.90. The van der Waals surface area contributed by atoms with E-state index in [-0.39, 0.29) is 5.91 Å². The second-order valence-electron chi connectivity index (χ2n) is 5.12. The van der Waals surface area contributed by atoms with E-state index in [1.54, 1.807) is 6.26 Å². The summed E-state index contributed by atoms with van der Waals surface area (Å²) < 4.78 is 5.37. The molecule has 0 aliphatic carbocycles. The Labute approximate surface area is 113 Å². The molecule has 5 nitrogen and oxygen atoms in total. The SMILES string of the molecule is O=C(CO)NCC[C@H]1CCCN(Cc2ccco2)C1. The summed E-state index contributed by atoms with van der Waals surface area (Å²) in [5.74, 6) is 1.33. The van der Waals surface area contributed by atoms with Crippen molar-refractivity contribution < 1.29 is 14.3 Å². The average molecular weight is 266 g/mol. The molecule has 1 fully saturated rings. The summed E-state index contributed by atoms with van der Waals surface area (Å²) in [4.78, 5) is 13.3. The van der Waals surface area contributed by atoms with Gasteiger partial charge in [0.2, 0.25) is 5.91 Å². The number of aliphatic hydroxyl groups is 1. The number of carbonyl (C=O) groups excluding carboxylic acids is 1. The number of rotatable bonds is 6. The van der Waals surface area contributed by atoms with Crippen LogP contribution in [-0.2, 0) is 11.3 Å². The molecular formula is C14H22N2O3. The minimum Gasteiger partial charge on any atom is -0.468 e. The van der Waals surface area contributed by atoms with Crippen LogP contribution in [0.4, 0.5) is 0 Å². The summed E-state index contributed by atoms with van der Waals surface area (Å²) in [5.41, 5.74) is 0. The standard InChI is InChI=1S/C14H22N2O3/c17-11-14(18)15-6-5-12-3-1-7-16(9-12)10-13-4-2-8-19-13/h2,4,8,12,17H,1,3,5-7,9-11H2,(H,15,18)/t12-/m1/s1. The molecule has 5 heteroatoms. The Morgan fingerprint density at radius 2 is 2.47 bits per heavy atom. The number of nitrogens with one attached hydrogen (secondary N) is 1. The molecule has 0 radical (unpaired) electrons. The normalized spacial score (nSPS) is 20.4. The number of amides is 1. The van der Waals surface area contributed by atoms with Gasteiger partial charge in [0, 0.05) is 13.1 Å². The number of piperidine rings is 1. The number of nitrogens with zero attached hydrogens (tertiary/aromatic N) is 1. The van der Waals surface area contributed by atoms with Gasteiger partial charge in [-0.25, -0.2) is 0 Å². The summed E-state index contributed by atoms with van der Waals surface area (Å²) >= 11 is 0. The summed E-state index contributed by atoms with van der Waals surface area (Å²) in [6, 6.07) is 3.92. The van der Waals surface area contributed by atoms with Crippen LogP contribution in [0, 0.1) is 5.92 Å². The van der Waals surface area contributed by atoms with E-state index in [2.05, 4.69) is 10.2 Å². The lowest BCUT2D eigenvalue weighted by Crippen LogP contribution is -2.37. The van der Waals surface area contributed by atoms with Crippen LogP contribution in [0.1, 0.15) is 25.0 Å². The van der Waals surface area contributed by atoms with E-state index >= 15 is 0 Å². The van der Waals surface area contributed by atoms with E-state index in [1.165, 1.54) is 12.8 Å². The predicted molar refractivity (Wildman–Crippen MR) is 71.4 cm³/mol. The smallest absolute Gasteiger partial charge is 0.245 e. The number of carbonyl (C=O) groups is 1. The molecule has 0 unspecified atom stereocenters. The van der Waals surface area contributed by atoms with Crippen LogP contribution >= 0.6 is 0 Å². The first-order valence-electron chi connectivity index (χ1n) is 6.90. The highest BCUT2D eigenvalue weighted by atomic mass is 16.3. The van der Waals surface area contributed by atoms with Gasteiger partial charge in [-0.3, -0.25) is 9.69 Å². The second kappa shape index (κ2) is 7.31. The first-order chi connectivity index (χ1) is 9.28. The van der Waals surface area contributed by atoms with Crippen LogP contribution < -0.4 is 5.32 Å². The van der Waals surface area contributed by atoms with Crippen LogP contribution in [0.25, 0.3) is 0 Å². The summed E-state index contributed by atoms with van der Waals surface area (Å²) in [5, 5.41) is 11.3. The molecule has 2 N–H and O–H groups in total. The lowest BCUT2D eigenvalue weighted by molar-refractivity contribution is -0.123. The van der Waals surface area contributed by atoms with Gasteiger partial charge in [0.15, 0.2) is 0 Å². The molecule has 2 heterocycles. The van der Waals surface area contributed by atoms with Crippen molar-refractivity contribution in [3.63, 3.8) is 0 Å². The van der Waals surface area contributed by atoms with Crippen LogP contribution in [0.15, 0.2) is 22.8 Å². The van der Waals surface area contributed by atoms with E-state index in [0.29, 0.717) is 12.5 Å². The molecule has 19 heavy (non-hydrogen) atoms. The van der Waals surface area contributed by atoms with Crippen molar-refractivity contribution >= 4 is 5.91 Å². The number of hydrogen-bond donors (Lipinski definition) is 2. The van der Waals surface area contributed by atoms with Crippen molar-refractivity contribution in [2.45, 2.75) is 25.8 Å². The number of aliphatic hydroxyl groups excluding tert-OH is 1. The van der Waals surface area contributed by atoms with Crippen molar-refractivity contribution in [2.24, 2.45) is 5.92 Å². The monoisotopic (exact) mass is 266 g/mol. The lowest BCUT2D eigenvalue weighted by Gasteiger charge is -2.32. The van der Waals surface area contributed by atoms with Crippen molar-refractivity contribution in [3.05, 3.63) is 24.2 Å². The molecule has 106 valence electrons. The largest absolute Gasteiger partial charge is 0.468 e. The van der Waals surface area contributed by atoms with Gasteiger partial charge < -0.3 is 14.8 Å². The molecular weight excluding hydrogens is 244 g/mol. The molecule has 1 aliphatic heterocycles. The Hall–Kier alpha value is -1.33. The Balaban J connectivity index is 1.69. The molecule has 1 aromatic rings. The van der Waals surface area contributed by atoms with E-state index in [4.69, 9.17) is 9.52 Å². The molecule has 2 rings (SSSR count). The van der Waals surface area contributed by atoms with Gasteiger partial charge in [-0.2, -0.15) is 0 Å². The Morgan fingerprint density at radius 3 is 3.21 bits per heavy atom. The highest BCUT2D eigenvalue weighted by Gasteiger charge is 2.20. The first kappa shape index (κ1) is 14.1. The van der Waals surface area contributed by atoms with Gasteiger partial charge >= 0.3 is 0 Å². The van der Waals surface area contributed by atoms with Gasteiger partial charge in [-0.05, 0) is 43.9 Å². The maximum atomic E-state index is 10.9. The fourth-order valence-corrected chi connectivity index (χ4v) is 2.63. The maximum Gasteiger partial charge on any atom is 0.245 e. The molecule has 1 saturated heterocycles. The van der Waals surface area contributed by atoms with E-state index in [0.717, 1.165) is 31.8 Å². The Bertz CT molecular complexity index is 378. The molecule has 1 aliphatic rings. The predicted octanol–water partition coefficient (Wildman–Crippen LogP) is 0.990. The average Bonchev–Trinajstić information content (AvgIpc) is 2.92. The van der Waals surface area contributed by atoms with Crippen molar-refractivity contribution in [1.82, 2.24) is 10.2 Å². The number of likely N-dealkylation sites (tertiary alicyclic amines) is 1. The third-order valence-corrected chi connectivity index (χ3v) is 3.58. The molecule has 0 saturated carbocycles. The van der Waals surface area contributed by atoms with Gasteiger partial charge in [-0.1, -0.05) is 0 Å². The molecule has 0 spiro atoms. The second-order valence-corrected chi connectivity index (χ2v) is 5.12. The number of furan rings is 1. The minimum atomic E-state index is -0.421. The van der Waals surface area contributed by atoms with Gasteiger partial charge in [0.1, 0.15) is 12.4 Å². The third-order valence-electron chi connectivity index (χ3n) is 3.58. The van der Waals surface area contributed by atoms with Crippen LogP contribution in [0.3, 0.4) is 0 Å².